The highest BCUT2D eigenvalue weighted by Crippen LogP contribution is 2.19. The number of carboxylic acids is 1. The van der Waals surface area contributed by atoms with Crippen LogP contribution in [-0.2, 0) is 9.59 Å². The SMILES string of the molecule is N#Cc1cccc(N2CC(C(=O)O)CNCC2=O)c1. The van der Waals surface area contributed by atoms with Gasteiger partial charge >= 0.3 is 5.97 Å². The molecular formula is C13H13N3O3. The van der Waals surface area contributed by atoms with E-state index in [2.05, 4.69) is 5.32 Å². The van der Waals surface area contributed by atoms with Crippen LogP contribution in [0, 0.1) is 17.2 Å². The number of nitrogens with one attached hydrogen (secondary N) is 1. The second-order valence-electron chi connectivity index (χ2n) is 4.33. The lowest BCUT2D eigenvalue weighted by Crippen LogP contribution is -2.37. The Kier molecular flexibility index (Phi) is 3.78. The van der Waals surface area contributed by atoms with Crippen LogP contribution in [-0.4, -0.2) is 36.6 Å². The maximum absolute atomic E-state index is 12.0. The first-order valence-corrected chi connectivity index (χ1v) is 5.86. The van der Waals surface area contributed by atoms with Crippen molar-refractivity contribution in [1.29, 1.82) is 5.26 Å². The summed E-state index contributed by atoms with van der Waals surface area (Å²) in [5, 5.41) is 20.8. The summed E-state index contributed by atoms with van der Waals surface area (Å²) in [6.45, 7) is 0.464. The van der Waals surface area contributed by atoms with Gasteiger partial charge in [0, 0.05) is 18.8 Å². The van der Waals surface area contributed by atoms with E-state index in [-0.39, 0.29) is 25.5 Å². The number of carbonyl (C=O) groups excluding carboxylic acids is 1. The van der Waals surface area contributed by atoms with Gasteiger partial charge in [0.25, 0.3) is 0 Å². The van der Waals surface area contributed by atoms with Gasteiger partial charge in [0.15, 0.2) is 0 Å². The Morgan fingerprint density at radius 2 is 2.32 bits per heavy atom. The minimum atomic E-state index is -0.941. The molecule has 19 heavy (non-hydrogen) atoms. The normalized spacial score (nSPS) is 19.6. The molecule has 6 nitrogen and oxygen atoms in total. The number of nitrogens with zero attached hydrogens (tertiary/aromatic N) is 2. The Hall–Kier alpha value is -2.39. The van der Waals surface area contributed by atoms with E-state index in [4.69, 9.17) is 10.4 Å². The summed E-state index contributed by atoms with van der Waals surface area (Å²) in [5.41, 5.74) is 0.994. The molecule has 1 saturated heterocycles. The second-order valence-corrected chi connectivity index (χ2v) is 4.33. The first kappa shape index (κ1) is 13.1. The number of hydrogen-bond donors (Lipinski definition) is 2. The van der Waals surface area contributed by atoms with Crippen molar-refractivity contribution >= 4 is 17.6 Å². The summed E-state index contributed by atoms with van der Waals surface area (Å²) in [7, 11) is 0. The molecule has 0 aromatic heterocycles. The number of anilines is 1. The molecule has 1 aromatic carbocycles. The number of hydrogen-bond acceptors (Lipinski definition) is 4. The zero-order valence-electron chi connectivity index (χ0n) is 10.2. The maximum Gasteiger partial charge on any atom is 0.309 e. The Morgan fingerprint density at radius 3 is 3.00 bits per heavy atom. The van der Waals surface area contributed by atoms with Crippen molar-refractivity contribution in [1.82, 2.24) is 5.32 Å². The predicted octanol–water partition coefficient (Wildman–Crippen LogP) is 0.195. The Labute approximate surface area is 110 Å². The number of benzene rings is 1. The van der Waals surface area contributed by atoms with Gasteiger partial charge in [-0.3, -0.25) is 9.59 Å². The van der Waals surface area contributed by atoms with Crippen LogP contribution in [0.1, 0.15) is 5.56 Å². The molecule has 1 amide bonds. The molecule has 6 heteroatoms. The number of nitriles is 1. The molecule has 1 aromatic rings. The lowest BCUT2D eigenvalue weighted by Gasteiger charge is -2.22. The summed E-state index contributed by atoms with van der Waals surface area (Å²) < 4.78 is 0. The fourth-order valence-corrected chi connectivity index (χ4v) is 1.99. The van der Waals surface area contributed by atoms with Crippen molar-refractivity contribution in [2.45, 2.75) is 0 Å². The van der Waals surface area contributed by atoms with Gasteiger partial charge in [0.05, 0.1) is 24.1 Å². The van der Waals surface area contributed by atoms with E-state index in [0.29, 0.717) is 11.3 Å². The second kappa shape index (κ2) is 5.50. The van der Waals surface area contributed by atoms with Crippen molar-refractivity contribution in [2.24, 2.45) is 5.92 Å². The molecule has 1 aliphatic rings. The smallest absolute Gasteiger partial charge is 0.309 e. The summed E-state index contributed by atoms with van der Waals surface area (Å²) in [6.07, 6.45) is 0. The topological polar surface area (TPSA) is 93.4 Å². The average Bonchev–Trinajstić information content (AvgIpc) is 2.61. The molecule has 0 aliphatic carbocycles. The largest absolute Gasteiger partial charge is 0.481 e. The fraction of sp³-hybridized carbons (Fsp3) is 0.308. The summed E-state index contributed by atoms with van der Waals surface area (Å²) in [6, 6.07) is 8.60. The highest BCUT2D eigenvalue weighted by Gasteiger charge is 2.28. The molecule has 0 spiro atoms. The summed E-state index contributed by atoms with van der Waals surface area (Å²) in [4.78, 5) is 24.5. The molecule has 1 fully saturated rings. The monoisotopic (exact) mass is 259 g/mol. The van der Waals surface area contributed by atoms with E-state index < -0.39 is 11.9 Å². The third kappa shape index (κ3) is 2.89. The van der Waals surface area contributed by atoms with Gasteiger partial charge in [-0.05, 0) is 18.2 Å². The zero-order chi connectivity index (χ0) is 13.8. The van der Waals surface area contributed by atoms with Crippen molar-refractivity contribution in [3.05, 3.63) is 29.8 Å². The van der Waals surface area contributed by atoms with E-state index in [1.165, 1.54) is 4.90 Å². The van der Waals surface area contributed by atoms with Crippen molar-refractivity contribution in [2.75, 3.05) is 24.5 Å². The molecule has 1 unspecified atom stereocenters. The molecule has 1 aliphatic heterocycles. The van der Waals surface area contributed by atoms with Gasteiger partial charge in [-0.25, -0.2) is 0 Å². The van der Waals surface area contributed by atoms with Gasteiger partial charge in [0.1, 0.15) is 0 Å². The van der Waals surface area contributed by atoms with Crippen LogP contribution in [0.3, 0.4) is 0 Å². The molecule has 0 saturated carbocycles. The van der Waals surface area contributed by atoms with E-state index in [1.807, 2.05) is 6.07 Å². The van der Waals surface area contributed by atoms with Crippen LogP contribution in [0.2, 0.25) is 0 Å². The standard InChI is InChI=1S/C13H13N3O3/c14-5-9-2-1-3-11(4-9)16-8-10(13(18)19)6-15-7-12(16)17/h1-4,10,15H,6-8H2,(H,18,19). The van der Waals surface area contributed by atoms with Crippen LogP contribution in [0.4, 0.5) is 5.69 Å². The molecule has 2 rings (SSSR count). The number of aliphatic carboxylic acids is 1. The fourth-order valence-electron chi connectivity index (χ4n) is 1.99. The number of amides is 1. The molecule has 0 bridgehead atoms. The Bertz CT molecular complexity index is 550. The lowest BCUT2D eigenvalue weighted by molar-refractivity contribution is -0.141. The molecular weight excluding hydrogens is 246 g/mol. The quantitative estimate of drug-likeness (QED) is 0.791. The van der Waals surface area contributed by atoms with Crippen LogP contribution in [0.15, 0.2) is 24.3 Å². The van der Waals surface area contributed by atoms with Crippen LogP contribution >= 0.6 is 0 Å². The van der Waals surface area contributed by atoms with Crippen molar-refractivity contribution in [3.63, 3.8) is 0 Å². The van der Waals surface area contributed by atoms with Gasteiger partial charge in [-0.1, -0.05) is 6.07 Å². The third-order valence-corrected chi connectivity index (χ3v) is 3.01. The molecule has 0 radical (unpaired) electrons. The Morgan fingerprint density at radius 1 is 1.53 bits per heavy atom. The van der Waals surface area contributed by atoms with Crippen LogP contribution < -0.4 is 10.2 Å². The van der Waals surface area contributed by atoms with Crippen LogP contribution in [0.25, 0.3) is 0 Å². The highest BCUT2D eigenvalue weighted by molar-refractivity contribution is 5.96. The van der Waals surface area contributed by atoms with Crippen molar-refractivity contribution < 1.29 is 14.7 Å². The van der Waals surface area contributed by atoms with Gasteiger partial charge in [-0.15, -0.1) is 0 Å². The molecule has 1 heterocycles. The number of carboxylic acid groups (broad SMARTS) is 1. The number of carbonyl (C=O) groups is 2. The first-order valence-electron chi connectivity index (χ1n) is 5.86. The van der Waals surface area contributed by atoms with Gasteiger partial charge < -0.3 is 15.3 Å². The van der Waals surface area contributed by atoms with Crippen LogP contribution in [0.5, 0.6) is 0 Å². The minimum absolute atomic E-state index is 0.0978. The molecule has 1 atom stereocenters. The summed E-state index contributed by atoms with van der Waals surface area (Å²) >= 11 is 0. The molecule has 98 valence electrons. The van der Waals surface area contributed by atoms with E-state index >= 15 is 0 Å². The van der Waals surface area contributed by atoms with Gasteiger partial charge in [0.2, 0.25) is 5.91 Å². The maximum atomic E-state index is 12.0. The highest BCUT2D eigenvalue weighted by atomic mass is 16.4. The predicted molar refractivity (Wildman–Crippen MR) is 67.5 cm³/mol. The Balaban J connectivity index is 2.31. The van der Waals surface area contributed by atoms with Gasteiger partial charge in [-0.2, -0.15) is 5.26 Å². The summed E-state index contributed by atoms with van der Waals surface area (Å²) in [5.74, 6) is -1.79. The first-order chi connectivity index (χ1) is 9.11. The van der Waals surface area contributed by atoms with Crippen molar-refractivity contribution in [3.8, 4) is 6.07 Å². The molecule has 2 N–H and O–H groups in total. The zero-order valence-corrected chi connectivity index (χ0v) is 10.2. The van der Waals surface area contributed by atoms with E-state index in [0.717, 1.165) is 0 Å². The average molecular weight is 259 g/mol. The van der Waals surface area contributed by atoms with E-state index in [9.17, 15) is 9.59 Å². The lowest BCUT2D eigenvalue weighted by atomic mass is 10.1. The third-order valence-electron chi connectivity index (χ3n) is 3.01. The van der Waals surface area contributed by atoms with E-state index in [1.54, 1.807) is 24.3 Å². The minimum Gasteiger partial charge on any atom is -0.481 e. The number of rotatable bonds is 2.